The van der Waals surface area contributed by atoms with Gasteiger partial charge in [-0.3, -0.25) is 14.6 Å². The molecular weight excluding hydrogens is 518 g/mol. The zero-order valence-electron chi connectivity index (χ0n) is 19.4. The van der Waals surface area contributed by atoms with Crippen molar-refractivity contribution in [2.24, 2.45) is 0 Å². The number of hydrogen-bond donors (Lipinski definition) is 0. The average molecular weight is 549 g/mol. The lowest BCUT2D eigenvalue weighted by Gasteiger charge is -2.38. The van der Waals surface area contributed by atoms with Gasteiger partial charge in [-0.15, -0.1) is 0 Å². The number of Topliss-reactive ketones (excluding diaryl/α,β-unsaturated/α-hetero) is 1. The molecule has 0 aromatic carbocycles. The summed E-state index contributed by atoms with van der Waals surface area (Å²) in [6.07, 6.45) is 0.546. The Labute approximate surface area is 207 Å². The van der Waals surface area contributed by atoms with Gasteiger partial charge in [0, 0.05) is 18.7 Å². The second kappa shape index (κ2) is 12.5. The van der Waals surface area contributed by atoms with E-state index in [2.05, 4.69) is 20.9 Å². The molecule has 1 aromatic rings. The van der Waals surface area contributed by atoms with Crippen LogP contribution in [0, 0.1) is 0 Å². The van der Waals surface area contributed by atoms with Gasteiger partial charge < -0.3 is 14.2 Å². The molecule has 184 valence electrons. The summed E-state index contributed by atoms with van der Waals surface area (Å²) >= 11 is 9.19. The van der Waals surface area contributed by atoms with Crippen LogP contribution >= 0.6 is 27.5 Å². The van der Waals surface area contributed by atoms with Crippen LogP contribution in [-0.4, -0.2) is 83.9 Å². The van der Waals surface area contributed by atoms with E-state index in [-0.39, 0.29) is 30.6 Å². The van der Waals surface area contributed by atoms with E-state index in [4.69, 9.17) is 25.8 Å². The minimum Gasteiger partial charge on any atom is -0.449 e. The molecule has 0 spiro atoms. The second-order valence-corrected chi connectivity index (χ2v) is 9.88. The highest BCUT2D eigenvalue weighted by Gasteiger charge is 2.33. The Morgan fingerprint density at radius 3 is 2.70 bits per heavy atom. The molecule has 1 aromatic heterocycles. The topological polar surface area (TPSA) is 98.3 Å². The van der Waals surface area contributed by atoms with Crippen LogP contribution in [-0.2, 0) is 14.2 Å². The summed E-state index contributed by atoms with van der Waals surface area (Å²) in [5.41, 5.74) is -0.463. The fourth-order valence-electron chi connectivity index (χ4n) is 3.11. The maximum Gasteiger partial charge on any atom is 0.410 e. The standard InChI is InChI=1S/C22H31BrClN3O6/c1-5-6-8-32-21(30)27-7-9-31-14-16(27)12-26(20(29)33-22(2,3)4)13-17(28)15-10-18(23)25-19(24)11-15/h10-11,16H,5-9,12-14H2,1-4H3. The number of carbonyl (C=O) groups excluding carboxylic acids is 3. The summed E-state index contributed by atoms with van der Waals surface area (Å²) in [5, 5.41) is 0.151. The van der Waals surface area contributed by atoms with E-state index in [1.807, 2.05) is 6.92 Å². The number of unbranched alkanes of at least 4 members (excludes halogenated alkanes) is 1. The van der Waals surface area contributed by atoms with Crippen LogP contribution in [0.15, 0.2) is 16.7 Å². The maximum atomic E-state index is 13.0. The first kappa shape index (κ1) is 27.3. The summed E-state index contributed by atoms with van der Waals surface area (Å²) in [6, 6.07) is 2.48. The van der Waals surface area contributed by atoms with E-state index >= 15 is 0 Å². The molecule has 0 aliphatic carbocycles. The molecule has 1 aliphatic rings. The molecule has 11 heteroatoms. The first-order valence-corrected chi connectivity index (χ1v) is 12.0. The molecule has 33 heavy (non-hydrogen) atoms. The van der Waals surface area contributed by atoms with Crippen LogP contribution in [0.1, 0.15) is 50.9 Å². The van der Waals surface area contributed by atoms with Crippen molar-refractivity contribution in [1.29, 1.82) is 0 Å². The van der Waals surface area contributed by atoms with Crippen molar-refractivity contribution in [2.75, 3.05) is 39.5 Å². The van der Waals surface area contributed by atoms with Crippen LogP contribution in [0.5, 0.6) is 0 Å². The minimum atomic E-state index is -0.761. The molecule has 2 amide bonds. The lowest BCUT2D eigenvalue weighted by molar-refractivity contribution is -0.0250. The molecule has 2 rings (SSSR count). The fraction of sp³-hybridized carbons (Fsp3) is 0.636. The lowest BCUT2D eigenvalue weighted by atomic mass is 10.1. The number of amides is 2. The Kier molecular flexibility index (Phi) is 10.4. The zero-order valence-corrected chi connectivity index (χ0v) is 21.8. The number of ether oxygens (including phenoxy) is 3. The summed E-state index contributed by atoms with van der Waals surface area (Å²) in [7, 11) is 0. The Morgan fingerprint density at radius 1 is 1.33 bits per heavy atom. The normalized spacial score (nSPS) is 16.3. The number of rotatable bonds is 8. The first-order valence-electron chi connectivity index (χ1n) is 10.9. The van der Waals surface area contributed by atoms with Crippen molar-refractivity contribution in [1.82, 2.24) is 14.8 Å². The van der Waals surface area contributed by atoms with Gasteiger partial charge in [-0.25, -0.2) is 14.6 Å². The lowest BCUT2D eigenvalue weighted by Crippen LogP contribution is -2.55. The molecule has 1 aliphatic heterocycles. The van der Waals surface area contributed by atoms with E-state index in [0.29, 0.717) is 29.9 Å². The summed E-state index contributed by atoms with van der Waals surface area (Å²) in [4.78, 5) is 45.3. The Bertz CT molecular complexity index is 828. The SMILES string of the molecule is CCCCOC(=O)N1CCOCC1CN(CC(=O)c1cc(Cl)nc(Br)c1)C(=O)OC(C)(C)C. The number of morpholine rings is 1. The third-order valence-corrected chi connectivity index (χ3v) is 5.29. The average Bonchev–Trinajstić information content (AvgIpc) is 2.71. The van der Waals surface area contributed by atoms with Gasteiger partial charge in [-0.2, -0.15) is 0 Å². The zero-order chi connectivity index (χ0) is 24.6. The Balaban J connectivity index is 2.20. The van der Waals surface area contributed by atoms with Crippen molar-refractivity contribution >= 4 is 45.5 Å². The van der Waals surface area contributed by atoms with Gasteiger partial charge in [0.05, 0.1) is 32.4 Å². The first-order chi connectivity index (χ1) is 15.5. The number of nitrogens with zero attached hydrogens (tertiary/aromatic N) is 3. The van der Waals surface area contributed by atoms with E-state index in [0.717, 1.165) is 12.8 Å². The number of hydrogen-bond acceptors (Lipinski definition) is 7. The molecule has 1 unspecified atom stereocenters. The number of pyridine rings is 1. The van der Waals surface area contributed by atoms with E-state index in [1.165, 1.54) is 17.0 Å². The Morgan fingerprint density at radius 2 is 2.06 bits per heavy atom. The summed E-state index contributed by atoms with van der Waals surface area (Å²) in [5.74, 6) is -0.348. The molecule has 1 saturated heterocycles. The highest BCUT2D eigenvalue weighted by atomic mass is 79.9. The van der Waals surface area contributed by atoms with Gasteiger partial charge in [-0.1, -0.05) is 24.9 Å². The second-order valence-electron chi connectivity index (χ2n) is 8.68. The van der Waals surface area contributed by atoms with Crippen LogP contribution in [0.25, 0.3) is 0 Å². The summed E-state index contributed by atoms with van der Waals surface area (Å²) in [6.45, 7) is 8.25. The van der Waals surface area contributed by atoms with E-state index < -0.39 is 23.8 Å². The third kappa shape index (κ3) is 9.10. The van der Waals surface area contributed by atoms with Crippen molar-refractivity contribution in [3.05, 3.63) is 27.5 Å². The monoisotopic (exact) mass is 547 g/mol. The minimum absolute atomic E-state index is 0.0452. The Hall–Kier alpha value is -1.91. The highest BCUT2D eigenvalue weighted by Crippen LogP contribution is 2.18. The van der Waals surface area contributed by atoms with E-state index in [1.54, 1.807) is 25.7 Å². The molecule has 0 N–H and O–H groups in total. The van der Waals surface area contributed by atoms with Gasteiger partial charge >= 0.3 is 12.2 Å². The number of halogens is 2. The number of ketones is 1. The van der Waals surface area contributed by atoms with E-state index in [9.17, 15) is 14.4 Å². The molecule has 2 heterocycles. The molecule has 0 bridgehead atoms. The smallest absolute Gasteiger partial charge is 0.410 e. The van der Waals surface area contributed by atoms with Crippen molar-refractivity contribution in [3.63, 3.8) is 0 Å². The van der Waals surface area contributed by atoms with Crippen LogP contribution in [0.3, 0.4) is 0 Å². The predicted octanol–water partition coefficient (Wildman–Crippen LogP) is 4.55. The van der Waals surface area contributed by atoms with Crippen molar-refractivity contribution in [2.45, 2.75) is 52.2 Å². The largest absolute Gasteiger partial charge is 0.449 e. The highest BCUT2D eigenvalue weighted by molar-refractivity contribution is 9.10. The predicted molar refractivity (Wildman–Crippen MR) is 127 cm³/mol. The van der Waals surface area contributed by atoms with Gasteiger partial charge in [0.15, 0.2) is 5.78 Å². The molecule has 1 fully saturated rings. The molecule has 0 saturated carbocycles. The quantitative estimate of drug-likeness (QED) is 0.267. The van der Waals surface area contributed by atoms with Crippen molar-refractivity contribution < 1.29 is 28.6 Å². The maximum absolute atomic E-state index is 13.0. The molecule has 0 radical (unpaired) electrons. The van der Waals surface area contributed by atoms with Crippen LogP contribution in [0.2, 0.25) is 5.15 Å². The molecular formula is C22H31BrClN3O6. The van der Waals surface area contributed by atoms with Gasteiger partial charge in [0.2, 0.25) is 0 Å². The fourth-order valence-corrected chi connectivity index (χ4v) is 3.86. The number of carbonyl (C=O) groups is 3. The van der Waals surface area contributed by atoms with Crippen molar-refractivity contribution in [3.8, 4) is 0 Å². The third-order valence-electron chi connectivity index (χ3n) is 4.69. The molecule has 1 atom stereocenters. The van der Waals surface area contributed by atoms with Gasteiger partial charge in [0.1, 0.15) is 15.4 Å². The molecule has 9 nitrogen and oxygen atoms in total. The van der Waals surface area contributed by atoms with Crippen LogP contribution < -0.4 is 0 Å². The van der Waals surface area contributed by atoms with Gasteiger partial charge in [0.25, 0.3) is 0 Å². The van der Waals surface area contributed by atoms with Crippen LogP contribution in [0.4, 0.5) is 9.59 Å². The van der Waals surface area contributed by atoms with Gasteiger partial charge in [-0.05, 0) is 55.3 Å². The summed E-state index contributed by atoms with van der Waals surface area (Å²) < 4.78 is 16.8. The number of aromatic nitrogens is 1.